The van der Waals surface area contributed by atoms with Gasteiger partial charge in [-0.1, -0.05) is 73.3 Å². The van der Waals surface area contributed by atoms with Crippen LogP contribution < -0.4 is 0 Å². The second-order valence-corrected chi connectivity index (χ2v) is 9.65. The summed E-state index contributed by atoms with van der Waals surface area (Å²) in [6.45, 7) is 20.0. The first-order chi connectivity index (χ1) is 13.3. The van der Waals surface area contributed by atoms with Crippen LogP contribution in [-0.4, -0.2) is 17.5 Å². The molecule has 0 saturated heterocycles. The summed E-state index contributed by atoms with van der Waals surface area (Å²) in [5.74, 6) is -1.26. The highest BCUT2D eigenvalue weighted by Gasteiger charge is 2.41. The lowest BCUT2D eigenvalue weighted by molar-refractivity contribution is -0.155. The molecule has 0 heterocycles. The summed E-state index contributed by atoms with van der Waals surface area (Å²) >= 11 is 0. The lowest BCUT2D eigenvalue weighted by Gasteiger charge is -2.28. The lowest BCUT2D eigenvalue weighted by atomic mass is 9.86. The van der Waals surface area contributed by atoms with Crippen molar-refractivity contribution in [2.45, 2.75) is 78.2 Å². The average molecular weight is 401 g/mol. The molecular formula is C25H36O4. The molecule has 29 heavy (non-hydrogen) atoms. The van der Waals surface area contributed by atoms with Gasteiger partial charge < -0.3 is 9.47 Å². The van der Waals surface area contributed by atoms with Gasteiger partial charge in [-0.05, 0) is 47.4 Å². The molecule has 0 radical (unpaired) electrons. The zero-order chi connectivity index (χ0) is 22.3. The normalized spacial score (nSPS) is 13.9. The van der Waals surface area contributed by atoms with Gasteiger partial charge in [0.1, 0.15) is 0 Å². The second-order valence-electron chi connectivity index (χ2n) is 9.65. The quantitative estimate of drug-likeness (QED) is 0.209. The van der Waals surface area contributed by atoms with Crippen molar-refractivity contribution in [3.63, 3.8) is 0 Å². The van der Waals surface area contributed by atoms with E-state index in [0.29, 0.717) is 18.4 Å². The summed E-state index contributed by atoms with van der Waals surface area (Å²) in [5.41, 5.74) is 0.131. The Morgan fingerprint density at radius 1 is 0.931 bits per heavy atom. The molecule has 1 atom stereocenters. The molecule has 160 valence electrons. The summed E-state index contributed by atoms with van der Waals surface area (Å²) in [6.07, 6.45) is 5.31. The van der Waals surface area contributed by atoms with E-state index in [9.17, 15) is 9.59 Å². The Hall–Kier alpha value is -2.36. The summed E-state index contributed by atoms with van der Waals surface area (Å²) in [4.78, 5) is 25.4. The summed E-state index contributed by atoms with van der Waals surface area (Å²) in [6, 6.07) is 7.24. The Bertz CT molecular complexity index is 717. The number of benzene rings is 1. The minimum absolute atomic E-state index is 0.0197. The fourth-order valence-electron chi connectivity index (χ4n) is 2.97. The topological polar surface area (TPSA) is 52.6 Å². The van der Waals surface area contributed by atoms with E-state index in [0.717, 1.165) is 24.7 Å². The molecule has 0 amide bonds. The first-order valence-electron chi connectivity index (χ1n) is 10.1. The SMILES string of the molecule is C=COC(=O)C(C=C)(CCCCC(C)(C)C)OC(=O)c1ccc(C(C)(C)C)cc1. The number of hydrogen-bond acceptors (Lipinski definition) is 4. The van der Waals surface area contributed by atoms with Crippen LogP contribution >= 0.6 is 0 Å². The number of hydrogen-bond donors (Lipinski definition) is 0. The van der Waals surface area contributed by atoms with Crippen molar-refractivity contribution in [2.24, 2.45) is 5.41 Å². The highest BCUT2D eigenvalue weighted by Crippen LogP contribution is 2.29. The monoisotopic (exact) mass is 400 g/mol. The molecule has 4 nitrogen and oxygen atoms in total. The molecule has 0 aliphatic carbocycles. The van der Waals surface area contributed by atoms with Gasteiger partial charge in [-0.3, -0.25) is 0 Å². The van der Waals surface area contributed by atoms with Crippen molar-refractivity contribution in [1.82, 2.24) is 0 Å². The van der Waals surface area contributed by atoms with Crippen molar-refractivity contribution < 1.29 is 19.1 Å². The van der Waals surface area contributed by atoms with Crippen LogP contribution in [0.3, 0.4) is 0 Å². The first-order valence-corrected chi connectivity index (χ1v) is 10.1. The van der Waals surface area contributed by atoms with Gasteiger partial charge in [-0.25, -0.2) is 9.59 Å². The maximum atomic E-state index is 12.8. The van der Waals surface area contributed by atoms with E-state index in [2.05, 4.69) is 54.7 Å². The van der Waals surface area contributed by atoms with Crippen molar-refractivity contribution in [3.8, 4) is 0 Å². The fourth-order valence-corrected chi connectivity index (χ4v) is 2.97. The van der Waals surface area contributed by atoms with E-state index in [1.165, 1.54) is 6.08 Å². The molecule has 0 saturated carbocycles. The molecule has 0 bridgehead atoms. The van der Waals surface area contributed by atoms with E-state index in [1.54, 1.807) is 12.1 Å². The third-order valence-electron chi connectivity index (χ3n) is 4.85. The molecule has 1 aromatic carbocycles. The van der Waals surface area contributed by atoms with Crippen molar-refractivity contribution in [3.05, 3.63) is 60.9 Å². The van der Waals surface area contributed by atoms with Gasteiger partial charge in [0.15, 0.2) is 0 Å². The maximum Gasteiger partial charge on any atom is 0.359 e. The fraction of sp³-hybridized carbons (Fsp3) is 0.520. The highest BCUT2D eigenvalue weighted by molar-refractivity contribution is 5.93. The predicted molar refractivity (Wildman–Crippen MR) is 118 cm³/mol. The largest absolute Gasteiger partial charge is 0.439 e. The van der Waals surface area contributed by atoms with Crippen LogP contribution in [0.25, 0.3) is 0 Å². The molecule has 0 spiro atoms. The Kier molecular flexibility index (Phi) is 8.43. The lowest BCUT2D eigenvalue weighted by Crippen LogP contribution is -2.42. The van der Waals surface area contributed by atoms with Gasteiger partial charge in [0.25, 0.3) is 0 Å². The minimum atomic E-state index is -1.54. The molecule has 0 aromatic heterocycles. The van der Waals surface area contributed by atoms with Crippen molar-refractivity contribution in [1.29, 1.82) is 0 Å². The number of carbonyl (C=O) groups excluding carboxylic acids is 2. The smallest absolute Gasteiger partial charge is 0.359 e. The summed E-state index contributed by atoms with van der Waals surface area (Å²) in [7, 11) is 0. The van der Waals surface area contributed by atoms with E-state index in [-0.39, 0.29) is 10.8 Å². The number of carbonyl (C=O) groups is 2. The standard InChI is InChI=1S/C25H36O4/c1-9-25(22(27)28-10-2,18-12-11-17-23(3,4)5)29-21(26)19-13-15-20(16-14-19)24(6,7)8/h9-10,13-16H,1-2,11-12,17-18H2,3-8H3. The van der Waals surface area contributed by atoms with E-state index in [4.69, 9.17) is 9.47 Å². The Morgan fingerprint density at radius 2 is 1.48 bits per heavy atom. The van der Waals surface area contributed by atoms with Crippen LogP contribution in [0, 0.1) is 5.41 Å². The second kappa shape index (κ2) is 9.91. The van der Waals surface area contributed by atoms with Gasteiger partial charge in [-0.15, -0.1) is 0 Å². The van der Waals surface area contributed by atoms with Crippen LogP contribution in [0.5, 0.6) is 0 Å². The van der Waals surface area contributed by atoms with Crippen LogP contribution in [0.15, 0.2) is 49.8 Å². The highest BCUT2D eigenvalue weighted by atomic mass is 16.6. The predicted octanol–water partition coefficient (Wildman–Crippen LogP) is 6.36. The molecule has 1 unspecified atom stereocenters. The van der Waals surface area contributed by atoms with Crippen LogP contribution in [0.2, 0.25) is 0 Å². The van der Waals surface area contributed by atoms with Gasteiger partial charge in [0.2, 0.25) is 5.60 Å². The zero-order valence-corrected chi connectivity index (χ0v) is 18.8. The molecular weight excluding hydrogens is 364 g/mol. The Labute approximate surface area is 176 Å². The number of unbranched alkanes of at least 4 members (excludes halogenated alkanes) is 1. The summed E-state index contributed by atoms with van der Waals surface area (Å²) < 4.78 is 10.6. The minimum Gasteiger partial charge on any atom is -0.439 e. The van der Waals surface area contributed by atoms with Crippen LogP contribution in [0.4, 0.5) is 0 Å². The molecule has 0 aliphatic heterocycles. The zero-order valence-electron chi connectivity index (χ0n) is 18.8. The van der Waals surface area contributed by atoms with E-state index in [1.807, 2.05) is 12.1 Å². The molecule has 4 heteroatoms. The Morgan fingerprint density at radius 3 is 1.93 bits per heavy atom. The van der Waals surface area contributed by atoms with Gasteiger partial charge in [0, 0.05) is 6.42 Å². The van der Waals surface area contributed by atoms with E-state index >= 15 is 0 Å². The molecule has 1 rings (SSSR count). The first kappa shape index (κ1) is 24.7. The van der Waals surface area contributed by atoms with Crippen molar-refractivity contribution in [2.75, 3.05) is 0 Å². The third kappa shape index (κ3) is 7.52. The number of ether oxygens (including phenoxy) is 2. The van der Waals surface area contributed by atoms with E-state index < -0.39 is 17.5 Å². The molecule has 1 aromatic rings. The third-order valence-corrected chi connectivity index (χ3v) is 4.85. The van der Waals surface area contributed by atoms with Gasteiger partial charge in [-0.2, -0.15) is 0 Å². The molecule has 0 aliphatic rings. The Balaban J connectivity index is 3.00. The molecule has 0 fully saturated rings. The molecule has 0 N–H and O–H groups in total. The number of rotatable bonds is 9. The van der Waals surface area contributed by atoms with Crippen molar-refractivity contribution >= 4 is 11.9 Å². The van der Waals surface area contributed by atoms with Crippen LogP contribution in [0.1, 0.15) is 83.1 Å². The average Bonchev–Trinajstić information content (AvgIpc) is 2.63. The maximum absolute atomic E-state index is 12.8. The van der Waals surface area contributed by atoms with Crippen LogP contribution in [-0.2, 0) is 19.7 Å². The number of esters is 2. The van der Waals surface area contributed by atoms with Gasteiger partial charge in [0.05, 0.1) is 11.8 Å². The summed E-state index contributed by atoms with van der Waals surface area (Å²) in [5, 5.41) is 0. The van der Waals surface area contributed by atoms with Gasteiger partial charge >= 0.3 is 11.9 Å².